The number of allylic oxidation sites excluding steroid dienone is 2. The largest absolute Gasteiger partial charge is 0.408 e. The predicted octanol–water partition coefficient (Wildman–Crippen LogP) is 4.85. The van der Waals surface area contributed by atoms with Gasteiger partial charge in [-0.1, -0.05) is 0 Å². The Morgan fingerprint density at radius 2 is 1.22 bits per heavy atom. The first-order valence-corrected chi connectivity index (χ1v) is 8.18. The van der Waals surface area contributed by atoms with Gasteiger partial charge in [-0.2, -0.15) is 41.3 Å². The zero-order chi connectivity index (χ0) is 20.4. The highest BCUT2D eigenvalue weighted by Crippen LogP contribution is 2.32. The second kappa shape index (κ2) is 7.85. The van der Waals surface area contributed by atoms with Crippen molar-refractivity contribution in [2.24, 2.45) is 0 Å². The fourth-order valence-corrected chi connectivity index (χ4v) is 2.29. The van der Waals surface area contributed by atoms with E-state index in [-0.39, 0.29) is 24.2 Å². The highest BCUT2D eigenvalue weighted by Gasteiger charge is 2.38. The Hall–Kier alpha value is -2.14. The first-order valence-electron chi connectivity index (χ1n) is 8.18. The van der Waals surface area contributed by atoms with Gasteiger partial charge in [-0.05, 0) is 39.5 Å². The molecule has 0 saturated heterocycles. The average Bonchev–Trinajstić information content (AvgIpc) is 2.53. The fourth-order valence-electron chi connectivity index (χ4n) is 2.29. The summed E-state index contributed by atoms with van der Waals surface area (Å²) in [6.45, 7) is 1.60. The molecule has 0 radical (unpaired) electrons. The Morgan fingerprint density at radius 1 is 0.778 bits per heavy atom. The average molecular weight is 401 g/mol. The van der Waals surface area contributed by atoms with E-state index in [9.17, 15) is 30.7 Å². The van der Waals surface area contributed by atoms with E-state index in [0.29, 0.717) is 12.8 Å². The van der Waals surface area contributed by atoms with E-state index < -0.39 is 42.2 Å². The lowest BCUT2D eigenvalue weighted by molar-refractivity contribution is -0.139. The van der Waals surface area contributed by atoms with Crippen LogP contribution < -0.4 is 10.6 Å². The lowest BCUT2D eigenvalue weighted by Gasteiger charge is -2.21. The van der Waals surface area contributed by atoms with Crippen LogP contribution in [0.15, 0.2) is 5.83 Å². The second-order valence-corrected chi connectivity index (χ2v) is 6.21. The van der Waals surface area contributed by atoms with Crippen molar-refractivity contribution in [3.63, 3.8) is 0 Å². The van der Waals surface area contributed by atoms with Crippen molar-refractivity contribution in [1.82, 2.24) is 15.0 Å². The number of nitrogens with one attached hydrogen (secondary N) is 2. The molecule has 0 bridgehead atoms. The van der Waals surface area contributed by atoms with Gasteiger partial charge in [-0.3, -0.25) is 0 Å². The number of hydrogen-bond acceptors (Lipinski definition) is 5. The molecule has 0 amide bonds. The summed E-state index contributed by atoms with van der Waals surface area (Å²) in [5, 5.41) is 3.95. The smallest absolute Gasteiger partial charge is 0.343 e. The molecule has 1 aromatic heterocycles. The van der Waals surface area contributed by atoms with Crippen molar-refractivity contribution < 1.29 is 30.7 Å². The molecule has 0 fully saturated rings. The van der Waals surface area contributed by atoms with Gasteiger partial charge < -0.3 is 10.6 Å². The lowest BCUT2D eigenvalue weighted by Crippen LogP contribution is -2.35. The molecule has 2 rings (SSSR count). The minimum absolute atomic E-state index is 0.0640. The third-order valence-corrected chi connectivity index (χ3v) is 3.98. The third-order valence-electron chi connectivity index (χ3n) is 3.98. The number of hydrogen-bond donors (Lipinski definition) is 2. The van der Waals surface area contributed by atoms with Crippen LogP contribution in [0, 0.1) is 0 Å². The van der Waals surface area contributed by atoms with Gasteiger partial charge in [0.05, 0.1) is 0 Å². The number of halogens is 7. The van der Waals surface area contributed by atoms with Crippen LogP contribution >= 0.6 is 0 Å². The van der Waals surface area contributed by atoms with Gasteiger partial charge in [0.1, 0.15) is 17.9 Å². The van der Waals surface area contributed by atoms with E-state index in [1.807, 2.05) is 10.6 Å². The van der Waals surface area contributed by atoms with E-state index in [1.54, 1.807) is 0 Å². The van der Waals surface area contributed by atoms with Gasteiger partial charge in [0.25, 0.3) is 0 Å². The summed E-state index contributed by atoms with van der Waals surface area (Å²) in [6.07, 6.45) is -7.71. The Bertz CT molecular complexity index is 659. The SMILES string of the molecule is C[C@@H](Nc1nc(N[C@H](C)C(F)(F)F)nc(C2=C(F)CCCC2)n1)C(F)(F)F. The molecule has 1 aromatic rings. The minimum atomic E-state index is -4.63. The molecule has 0 unspecified atom stereocenters. The van der Waals surface area contributed by atoms with Gasteiger partial charge in [-0.25, -0.2) is 4.39 Å². The summed E-state index contributed by atoms with van der Waals surface area (Å²) in [4.78, 5) is 11.1. The topological polar surface area (TPSA) is 62.7 Å². The lowest BCUT2D eigenvalue weighted by atomic mass is 9.98. The van der Waals surface area contributed by atoms with Gasteiger partial charge in [0.2, 0.25) is 11.9 Å². The maximum atomic E-state index is 14.1. The summed E-state index contributed by atoms with van der Waals surface area (Å²) < 4.78 is 90.6. The van der Waals surface area contributed by atoms with Crippen molar-refractivity contribution in [2.45, 2.75) is 64.0 Å². The molecule has 27 heavy (non-hydrogen) atoms. The molecule has 2 N–H and O–H groups in total. The van der Waals surface area contributed by atoms with Crippen LogP contribution in [-0.2, 0) is 0 Å². The molecule has 152 valence electrons. The molecule has 1 heterocycles. The number of aromatic nitrogens is 3. The molecule has 0 aliphatic heterocycles. The summed E-state index contributed by atoms with van der Waals surface area (Å²) in [7, 11) is 0. The van der Waals surface area contributed by atoms with Crippen LogP contribution in [0.4, 0.5) is 42.6 Å². The van der Waals surface area contributed by atoms with Crippen molar-refractivity contribution in [2.75, 3.05) is 10.6 Å². The highest BCUT2D eigenvalue weighted by molar-refractivity contribution is 5.64. The fraction of sp³-hybridized carbons (Fsp3) is 0.667. The van der Waals surface area contributed by atoms with Gasteiger partial charge in [0, 0.05) is 5.57 Å². The van der Waals surface area contributed by atoms with E-state index in [1.165, 1.54) is 0 Å². The zero-order valence-electron chi connectivity index (χ0n) is 14.5. The van der Waals surface area contributed by atoms with Crippen molar-refractivity contribution in [3.05, 3.63) is 11.7 Å². The Kier molecular flexibility index (Phi) is 6.15. The molecular formula is C15H18F7N5. The predicted molar refractivity (Wildman–Crippen MR) is 84.6 cm³/mol. The maximum Gasteiger partial charge on any atom is 0.408 e. The van der Waals surface area contributed by atoms with Crippen LogP contribution in [0.1, 0.15) is 45.4 Å². The first kappa shape index (κ1) is 21.2. The second-order valence-electron chi connectivity index (χ2n) is 6.21. The first-order chi connectivity index (χ1) is 12.4. The molecule has 1 aliphatic rings. The summed E-state index contributed by atoms with van der Waals surface area (Å²) in [5.74, 6) is -1.99. The third kappa shape index (κ3) is 5.67. The highest BCUT2D eigenvalue weighted by atomic mass is 19.4. The molecule has 2 atom stereocenters. The van der Waals surface area contributed by atoms with Crippen LogP contribution in [0.3, 0.4) is 0 Å². The molecule has 0 aromatic carbocycles. The maximum absolute atomic E-state index is 14.1. The van der Waals surface area contributed by atoms with Gasteiger partial charge in [0.15, 0.2) is 5.82 Å². The summed E-state index contributed by atoms with van der Waals surface area (Å²) in [5.41, 5.74) is 0.0640. The Labute approximate surface area is 150 Å². The van der Waals surface area contributed by atoms with Crippen molar-refractivity contribution >= 4 is 17.5 Å². The van der Waals surface area contributed by atoms with Gasteiger partial charge >= 0.3 is 12.4 Å². The van der Waals surface area contributed by atoms with Crippen LogP contribution in [0.25, 0.3) is 5.57 Å². The quantitative estimate of drug-likeness (QED) is 0.691. The molecule has 1 aliphatic carbocycles. The monoisotopic (exact) mass is 401 g/mol. The number of anilines is 2. The van der Waals surface area contributed by atoms with E-state index >= 15 is 0 Å². The summed E-state index contributed by atoms with van der Waals surface area (Å²) >= 11 is 0. The number of alkyl halides is 6. The van der Waals surface area contributed by atoms with E-state index in [0.717, 1.165) is 13.8 Å². The van der Waals surface area contributed by atoms with E-state index in [2.05, 4.69) is 15.0 Å². The van der Waals surface area contributed by atoms with Gasteiger partial charge in [-0.15, -0.1) is 0 Å². The van der Waals surface area contributed by atoms with Crippen LogP contribution in [0.5, 0.6) is 0 Å². The molecular weight excluding hydrogens is 383 g/mol. The molecule has 0 spiro atoms. The number of nitrogens with zero attached hydrogens (tertiary/aromatic N) is 3. The molecule has 5 nitrogen and oxygen atoms in total. The Balaban J connectivity index is 2.41. The zero-order valence-corrected chi connectivity index (χ0v) is 14.5. The van der Waals surface area contributed by atoms with E-state index in [4.69, 9.17) is 0 Å². The number of rotatable bonds is 5. The van der Waals surface area contributed by atoms with Crippen LogP contribution in [0.2, 0.25) is 0 Å². The minimum Gasteiger partial charge on any atom is -0.343 e. The van der Waals surface area contributed by atoms with Crippen molar-refractivity contribution in [3.8, 4) is 0 Å². The normalized spacial score (nSPS) is 18.3. The molecule has 12 heteroatoms. The molecule has 0 saturated carbocycles. The summed E-state index contributed by atoms with van der Waals surface area (Å²) in [6, 6.07) is -4.13. The Morgan fingerprint density at radius 3 is 1.63 bits per heavy atom. The van der Waals surface area contributed by atoms with Crippen LogP contribution in [-0.4, -0.2) is 39.4 Å². The standard InChI is InChI=1S/C15H18F7N5/c1-7(14(17,18)19)23-12-25-11(9-5-3-4-6-10(9)16)26-13(27-12)24-8(2)15(20,21)22/h7-8H,3-6H2,1-2H3,(H2,23,24,25,26,27)/t7-,8-/m1/s1. The van der Waals surface area contributed by atoms with Crippen molar-refractivity contribution in [1.29, 1.82) is 0 Å².